The van der Waals surface area contributed by atoms with Crippen LogP contribution in [0.3, 0.4) is 0 Å². The molecule has 3 N–H and O–H groups in total. The van der Waals surface area contributed by atoms with E-state index in [9.17, 15) is 19.0 Å². The van der Waals surface area contributed by atoms with Crippen LogP contribution in [-0.2, 0) is 32.7 Å². The van der Waals surface area contributed by atoms with Gasteiger partial charge in [0, 0.05) is 19.4 Å². The van der Waals surface area contributed by atoms with Crippen LogP contribution in [0.4, 0.5) is 0 Å². The lowest BCUT2D eigenvalue weighted by Crippen LogP contribution is -2.29. The highest BCUT2D eigenvalue weighted by Gasteiger charge is 2.25. The molecule has 0 rings (SSSR count). The normalized spacial score (nSPS) is 13.7. The van der Waals surface area contributed by atoms with Gasteiger partial charge in [-0.2, -0.15) is 0 Å². The number of hydrogen-bond donors (Lipinski definition) is 2. The summed E-state index contributed by atoms with van der Waals surface area (Å²) in [6, 6.07) is 0. The average Bonchev–Trinajstić information content (AvgIpc) is 3.25. The fourth-order valence-corrected chi connectivity index (χ4v) is 7.53. The average molecular weight is 878 g/mol. The van der Waals surface area contributed by atoms with E-state index in [1.165, 1.54) is 141 Å². The molecule has 0 aliphatic rings. The standard InChI is InChI=1S/C51H92NO8P/c1-3-5-7-9-11-13-15-17-18-19-20-21-22-23-24-25-26-27-28-29-30-32-33-35-37-39-41-43-50(53)57-47-49(48-59-61(55,56)58-46-45-52)60-51(54)44-42-40-38-36-34-31-16-14-12-10-8-6-4-2/h6,8,12,14,19-20,31,34,38,40,49H,3-5,7,9-11,13,15-18,21-30,32-33,35-37,39,41-48,52H2,1-2H3,(H,55,56)/b8-6-,14-12-,20-19-,34-31-,40-38-. The second-order valence-corrected chi connectivity index (χ2v) is 17.8. The van der Waals surface area contributed by atoms with Gasteiger partial charge >= 0.3 is 19.8 Å². The van der Waals surface area contributed by atoms with Crippen molar-refractivity contribution in [1.82, 2.24) is 0 Å². The SMILES string of the molecule is CC/C=C\C/C=C\C/C=C\C/C=C\CCC(=O)OC(COC(=O)CCCCCCCCCCCCCCCCC/C=C\CCCCCCCCCC)COP(=O)(O)OCCN. The number of phosphoric ester groups is 1. The van der Waals surface area contributed by atoms with Crippen LogP contribution in [0.1, 0.15) is 219 Å². The molecule has 0 radical (unpaired) electrons. The molecule has 0 amide bonds. The van der Waals surface area contributed by atoms with Gasteiger partial charge < -0.3 is 20.1 Å². The van der Waals surface area contributed by atoms with Gasteiger partial charge in [-0.3, -0.25) is 18.6 Å². The Hall–Kier alpha value is -2.29. The van der Waals surface area contributed by atoms with Gasteiger partial charge in [-0.1, -0.05) is 203 Å². The highest BCUT2D eigenvalue weighted by molar-refractivity contribution is 7.47. The Morgan fingerprint density at radius 3 is 1.41 bits per heavy atom. The number of rotatable bonds is 46. The van der Waals surface area contributed by atoms with Crippen LogP contribution in [0.2, 0.25) is 0 Å². The molecule has 0 saturated heterocycles. The molecule has 0 saturated carbocycles. The summed E-state index contributed by atoms with van der Waals surface area (Å²) in [7, 11) is -4.40. The van der Waals surface area contributed by atoms with Crippen molar-refractivity contribution >= 4 is 19.8 Å². The number of unbranched alkanes of at least 4 members (excludes halogenated alkanes) is 23. The molecule has 0 aliphatic carbocycles. The van der Waals surface area contributed by atoms with Crippen molar-refractivity contribution in [3.05, 3.63) is 60.8 Å². The quantitative estimate of drug-likeness (QED) is 0.0265. The predicted molar refractivity (Wildman–Crippen MR) is 256 cm³/mol. The van der Waals surface area contributed by atoms with Gasteiger partial charge in [0.2, 0.25) is 0 Å². The van der Waals surface area contributed by atoms with E-state index in [-0.39, 0.29) is 32.6 Å². The molecule has 2 unspecified atom stereocenters. The van der Waals surface area contributed by atoms with Crippen molar-refractivity contribution in [2.24, 2.45) is 5.73 Å². The maximum Gasteiger partial charge on any atom is 0.472 e. The smallest absolute Gasteiger partial charge is 0.462 e. The van der Waals surface area contributed by atoms with E-state index in [2.05, 4.69) is 62.5 Å². The fourth-order valence-electron chi connectivity index (χ4n) is 6.76. The van der Waals surface area contributed by atoms with Crippen LogP contribution >= 0.6 is 7.82 Å². The summed E-state index contributed by atoms with van der Waals surface area (Å²) in [6.45, 7) is 3.54. The van der Waals surface area contributed by atoms with Crippen molar-refractivity contribution < 1.29 is 37.6 Å². The molecule has 354 valence electrons. The zero-order valence-corrected chi connectivity index (χ0v) is 40.0. The second kappa shape index (κ2) is 47.2. The van der Waals surface area contributed by atoms with Crippen molar-refractivity contribution in [2.75, 3.05) is 26.4 Å². The van der Waals surface area contributed by atoms with Gasteiger partial charge in [-0.05, 0) is 64.2 Å². The third-order valence-electron chi connectivity index (χ3n) is 10.4. The lowest BCUT2D eigenvalue weighted by Gasteiger charge is -2.19. The van der Waals surface area contributed by atoms with Crippen molar-refractivity contribution in [3.63, 3.8) is 0 Å². The highest BCUT2D eigenvalue weighted by atomic mass is 31.2. The summed E-state index contributed by atoms with van der Waals surface area (Å²) in [5, 5.41) is 0. The number of nitrogens with two attached hydrogens (primary N) is 1. The summed E-state index contributed by atoms with van der Waals surface area (Å²) in [5.41, 5.74) is 5.35. The monoisotopic (exact) mass is 878 g/mol. The first-order valence-electron chi connectivity index (χ1n) is 24.8. The first-order chi connectivity index (χ1) is 29.8. The first kappa shape index (κ1) is 58.7. The van der Waals surface area contributed by atoms with Crippen LogP contribution in [-0.4, -0.2) is 49.3 Å². The largest absolute Gasteiger partial charge is 0.472 e. The lowest BCUT2D eigenvalue weighted by atomic mass is 10.0. The molecule has 0 aromatic carbocycles. The molecule has 9 nitrogen and oxygen atoms in total. The molecule has 0 spiro atoms. The molecule has 10 heteroatoms. The number of hydrogen-bond acceptors (Lipinski definition) is 8. The van der Waals surface area contributed by atoms with Gasteiger partial charge in [0.15, 0.2) is 6.10 Å². The van der Waals surface area contributed by atoms with Crippen LogP contribution in [0.25, 0.3) is 0 Å². The van der Waals surface area contributed by atoms with Crippen LogP contribution in [0.15, 0.2) is 60.8 Å². The Balaban J connectivity index is 3.99. The molecule has 2 atom stereocenters. The summed E-state index contributed by atoms with van der Waals surface area (Å²) in [6.07, 6.45) is 57.3. The number of carbonyl (C=O) groups is 2. The van der Waals surface area contributed by atoms with Crippen molar-refractivity contribution in [3.8, 4) is 0 Å². The van der Waals surface area contributed by atoms with E-state index < -0.39 is 32.5 Å². The highest BCUT2D eigenvalue weighted by Crippen LogP contribution is 2.43. The third kappa shape index (κ3) is 47.0. The van der Waals surface area contributed by atoms with Crippen LogP contribution in [0.5, 0.6) is 0 Å². The molecule has 61 heavy (non-hydrogen) atoms. The van der Waals surface area contributed by atoms with Crippen molar-refractivity contribution in [1.29, 1.82) is 0 Å². The molecular formula is C51H92NO8P. The van der Waals surface area contributed by atoms with E-state index in [1.54, 1.807) is 0 Å². The predicted octanol–water partition coefficient (Wildman–Crippen LogP) is 14.8. The van der Waals surface area contributed by atoms with E-state index in [0.717, 1.165) is 44.9 Å². The molecular weight excluding hydrogens is 786 g/mol. The van der Waals surface area contributed by atoms with Gasteiger partial charge in [-0.25, -0.2) is 4.57 Å². The third-order valence-corrected chi connectivity index (χ3v) is 11.4. The minimum atomic E-state index is -4.40. The minimum absolute atomic E-state index is 0.0413. The van der Waals surface area contributed by atoms with E-state index in [1.807, 2.05) is 12.2 Å². The van der Waals surface area contributed by atoms with Crippen LogP contribution in [0, 0.1) is 0 Å². The van der Waals surface area contributed by atoms with E-state index in [4.69, 9.17) is 24.3 Å². The zero-order chi connectivity index (χ0) is 44.6. The van der Waals surface area contributed by atoms with Crippen LogP contribution < -0.4 is 5.73 Å². The maximum absolute atomic E-state index is 12.5. The summed E-state index contributed by atoms with van der Waals surface area (Å²) in [5.74, 6) is -0.921. The van der Waals surface area contributed by atoms with Crippen molar-refractivity contribution in [2.45, 2.75) is 225 Å². The Kier molecular flexibility index (Phi) is 45.4. The second-order valence-electron chi connectivity index (χ2n) is 16.3. The number of carbonyl (C=O) groups excluding carboxylic acids is 2. The van der Waals surface area contributed by atoms with Gasteiger partial charge in [0.25, 0.3) is 0 Å². The minimum Gasteiger partial charge on any atom is -0.462 e. The molecule has 0 bridgehead atoms. The molecule has 0 heterocycles. The summed E-state index contributed by atoms with van der Waals surface area (Å²) < 4.78 is 32.7. The lowest BCUT2D eigenvalue weighted by molar-refractivity contribution is -0.161. The summed E-state index contributed by atoms with van der Waals surface area (Å²) in [4.78, 5) is 34.9. The Bertz CT molecular complexity index is 1180. The topological polar surface area (TPSA) is 134 Å². The molecule has 0 fully saturated rings. The first-order valence-corrected chi connectivity index (χ1v) is 26.3. The maximum atomic E-state index is 12.5. The Labute approximate surface area is 374 Å². The van der Waals surface area contributed by atoms with Gasteiger partial charge in [-0.15, -0.1) is 0 Å². The fraction of sp³-hybridized carbons (Fsp3) is 0.765. The number of phosphoric acid groups is 1. The number of ether oxygens (including phenoxy) is 2. The molecule has 0 aliphatic heterocycles. The Morgan fingerprint density at radius 2 is 0.934 bits per heavy atom. The Morgan fingerprint density at radius 1 is 0.508 bits per heavy atom. The summed E-state index contributed by atoms with van der Waals surface area (Å²) >= 11 is 0. The van der Waals surface area contributed by atoms with Gasteiger partial charge in [0.05, 0.1) is 13.2 Å². The van der Waals surface area contributed by atoms with Gasteiger partial charge in [0.1, 0.15) is 6.61 Å². The van der Waals surface area contributed by atoms with E-state index >= 15 is 0 Å². The van der Waals surface area contributed by atoms with E-state index in [0.29, 0.717) is 6.42 Å². The molecule has 0 aromatic rings. The molecule has 0 aromatic heterocycles. The number of allylic oxidation sites excluding steroid dienone is 10. The zero-order valence-electron chi connectivity index (χ0n) is 39.1. The number of esters is 2.